The molecule has 0 saturated heterocycles. The molecule has 2 aromatic carbocycles. The summed E-state index contributed by atoms with van der Waals surface area (Å²) in [6.45, 7) is 0. The molecule has 0 heterocycles. The third-order valence-electron chi connectivity index (χ3n) is 2.77. The smallest absolute Gasteiger partial charge is 0.128 e. The number of ether oxygens (including phenoxy) is 1. The second-order valence-corrected chi connectivity index (χ2v) is 3.89. The highest BCUT2D eigenvalue weighted by atomic mass is 19.1. The van der Waals surface area contributed by atoms with Crippen molar-refractivity contribution in [3.63, 3.8) is 0 Å². The molecule has 0 amide bonds. The molecule has 18 heavy (non-hydrogen) atoms. The molecule has 2 rings (SSSR count). The Kier molecular flexibility index (Phi) is 3.58. The van der Waals surface area contributed by atoms with Crippen LogP contribution >= 0.6 is 0 Å². The Morgan fingerprint density at radius 2 is 1.78 bits per heavy atom. The summed E-state index contributed by atoms with van der Waals surface area (Å²) in [5.74, 6) is -0.416. The van der Waals surface area contributed by atoms with Crippen LogP contribution in [0.5, 0.6) is 5.75 Å². The van der Waals surface area contributed by atoms with Crippen LogP contribution in [0.25, 0.3) is 0 Å². The van der Waals surface area contributed by atoms with Gasteiger partial charge in [0.1, 0.15) is 17.4 Å². The van der Waals surface area contributed by atoms with E-state index in [1.54, 1.807) is 18.2 Å². The first kappa shape index (κ1) is 12.5. The minimum absolute atomic E-state index is 0.307. The van der Waals surface area contributed by atoms with Crippen LogP contribution in [0.4, 0.5) is 8.78 Å². The van der Waals surface area contributed by atoms with E-state index in [0.717, 1.165) is 0 Å². The molecule has 4 heteroatoms. The summed E-state index contributed by atoms with van der Waals surface area (Å²) in [5, 5.41) is 0. The zero-order valence-electron chi connectivity index (χ0n) is 9.86. The van der Waals surface area contributed by atoms with Crippen molar-refractivity contribution in [1.82, 2.24) is 0 Å². The summed E-state index contributed by atoms with van der Waals surface area (Å²) < 4.78 is 32.0. The van der Waals surface area contributed by atoms with Gasteiger partial charge in [-0.2, -0.15) is 0 Å². The molecule has 0 aromatic heterocycles. The van der Waals surface area contributed by atoms with Crippen molar-refractivity contribution in [2.75, 3.05) is 7.11 Å². The van der Waals surface area contributed by atoms with E-state index in [0.29, 0.717) is 16.9 Å². The molecule has 2 aromatic rings. The molecule has 0 radical (unpaired) electrons. The number of methoxy groups -OCH3 is 1. The topological polar surface area (TPSA) is 35.2 Å². The molecule has 0 fully saturated rings. The second-order valence-electron chi connectivity index (χ2n) is 3.89. The number of rotatable bonds is 3. The molecule has 0 aliphatic heterocycles. The van der Waals surface area contributed by atoms with Gasteiger partial charge in [0.05, 0.1) is 13.2 Å². The quantitative estimate of drug-likeness (QED) is 0.907. The van der Waals surface area contributed by atoms with Gasteiger partial charge in [-0.1, -0.05) is 18.2 Å². The van der Waals surface area contributed by atoms with E-state index in [4.69, 9.17) is 10.5 Å². The van der Waals surface area contributed by atoms with Gasteiger partial charge in [0, 0.05) is 11.1 Å². The summed E-state index contributed by atoms with van der Waals surface area (Å²) >= 11 is 0. The van der Waals surface area contributed by atoms with E-state index in [1.807, 2.05) is 0 Å². The van der Waals surface area contributed by atoms with Crippen molar-refractivity contribution in [3.05, 3.63) is 65.2 Å². The average Bonchev–Trinajstić information content (AvgIpc) is 2.38. The highest BCUT2D eigenvalue weighted by Gasteiger charge is 2.17. The minimum Gasteiger partial charge on any atom is -0.496 e. The molecule has 94 valence electrons. The molecule has 2 nitrogen and oxygen atoms in total. The lowest BCUT2D eigenvalue weighted by atomic mass is 9.98. The van der Waals surface area contributed by atoms with Crippen molar-refractivity contribution < 1.29 is 13.5 Å². The first-order chi connectivity index (χ1) is 8.63. The van der Waals surface area contributed by atoms with Crippen LogP contribution in [-0.2, 0) is 0 Å². The van der Waals surface area contributed by atoms with Gasteiger partial charge < -0.3 is 10.5 Å². The normalized spacial score (nSPS) is 12.2. The van der Waals surface area contributed by atoms with E-state index in [9.17, 15) is 8.78 Å². The zero-order valence-corrected chi connectivity index (χ0v) is 9.86. The minimum atomic E-state index is -0.767. The Morgan fingerprint density at radius 3 is 2.44 bits per heavy atom. The second kappa shape index (κ2) is 5.14. The number of benzene rings is 2. The third kappa shape index (κ3) is 2.33. The molecular weight excluding hydrogens is 236 g/mol. The van der Waals surface area contributed by atoms with Crippen molar-refractivity contribution >= 4 is 0 Å². The van der Waals surface area contributed by atoms with Crippen molar-refractivity contribution in [2.24, 2.45) is 5.73 Å². The molecule has 0 aliphatic carbocycles. The molecular formula is C14H13F2NO. The predicted molar refractivity (Wildman–Crippen MR) is 65.4 cm³/mol. The van der Waals surface area contributed by atoms with Crippen LogP contribution in [0.2, 0.25) is 0 Å². The van der Waals surface area contributed by atoms with Gasteiger partial charge in [-0.3, -0.25) is 0 Å². The lowest BCUT2D eigenvalue weighted by Gasteiger charge is -2.16. The van der Waals surface area contributed by atoms with Crippen LogP contribution in [0.1, 0.15) is 17.2 Å². The van der Waals surface area contributed by atoms with E-state index >= 15 is 0 Å². The molecule has 2 N–H and O–H groups in total. The third-order valence-corrected chi connectivity index (χ3v) is 2.77. The Balaban J connectivity index is 2.48. The van der Waals surface area contributed by atoms with E-state index in [1.165, 1.54) is 31.4 Å². The highest BCUT2D eigenvalue weighted by Crippen LogP contribution is 2.30. The summed E-state index contributed by atoms with van der Waals surface area (Å²) in [6.07, 6.45) is 0. The monoisotopic (exact) mass is 249 g/mol. The van der Waals surface area contributed by atoms with E-state index < -0.39 is 17.7 Å². The maximum Gasteiger partial charge on any atom is 0.128 e. The maximum absolute atomic E-state index is 13.6. The fraction of sp³-hybridized carbons (Fsp3) is 0.143. The number of hydrogen-bond donors (Lipinski definition) is 1. The van der Waals surface area contributed by atoms with Crippen LogP contribution in [0.15, 0.2) is 42.5 Å². The van der Waals surface area contributed by atoms with Gasteiger partial charge in [0.15, 0.2) is 0 Å². The van der Waals surface area contributed by atoms with Crippen LogP contribution in [0, 0.1) is 11.6 Å². The number of hydrogen-bond acceptors (Lipinski definition) is 2. The Hall–Kier alpha value is -1.94. The van der Waals surface area contributed by atoms with Crippen LogP contribution < -0.4 is 10.5 Å². The van der Waals surface area contributed by atoms with Crippen molar-refractivity contribution in [3.8, 4) is 5.75 Å². The largest absolute Gasteiger partial charge is 0.496 e. The molecule has 0 aliphatic rings. The average molecular weight is 249 g/mol. The lowest BCUT2D eigenvalue weighted by Crippen LogP contribution is -2.15. The van der Waals surface area contributed by atoms with Crippen molar-refractivity contribution in [1.29, 1.82) is 0 Å². The van der Waals surface area contributed by atoms with Crippen LogP contribution in [0.3, 0.4) is 0 Å². The van der Waals surface area contributed by atoms with Gasteiger partial charge in [-0.25, -0.2) is 8.78 Å². The summed E-state index contributed by atoms with van der Waals surface area (Å²) in [7, 11) is 1.46. The standard InChI is InChI=1S/C14H13F2NO/c1-18-13-7-6-9(15)8-11(13)14(17)10-4-2-3-5-12(10)16/h2-8,14H,17H2,1H3. The fourth-order valence-electron chi connectivity index (χ4n) is 1.84. The molecule has 0 spiro atoms. The number of nitrogens with two attached hydrogens (primary N) is 1. The SMILES string of the molecule is COc1ccc(F)cc1C(N)c1ccccc1F. The Morgan fingerprint density at radius 1 is 1.06 bits per heavy atom. The van der Waals surface area contributed by atoms with Gasteiger partial charge in [0.2, 0.25) is 0 Å². The van der Waals surface area contributed by atoms with Gasteiger partial charge in [0.25, 0.3) is 0 Å². The van der Waals surface area contributed by atoms with Crippen LogP contribution in [-0.4, -0.2) is 7.11 Å². The first-order valence-corrected chi connectivity index (χ1v) is 5.47. The Bertz CT molecular complexity index is 557. The molecule has 1 atom stereocenters. The molecule has 0 bridgehead atoms. The van der Waals surface area contributed by atoms with E-state index in [2.05, 4.69) is 0 Å². The fourth-order valence-corrected chi connectivity index (χ4v) is 1.84. The van der Waals surface area contributed by atoms with Crippen molar-refractivity contribution in [2.45, 2.75) is 6.04 Å². The predicted octanol–water partition coefficient (Wildman–Crippen LogP) is 3.02. The van der Waals surface area contributed by atoms with Gasteiger partial charge in [-0.05, 0) is 24.3 Å². The summed E-state index contributed by atoms with van der Waals surface area (Å²) in [6, 6.07) is 9.40. The number of halogens is 2. The lowest BCUT2D eigenvalue weighted by molar-refractivity contribution is 0.406. The van der Waals surface area contributed by atoms with Gasteiger partial charge in [-0.15, -0.1) is 0 Å². The van der Waals surface area contributed by atoms with E-state index in [-0.39, 0.29) is 0 Å². The highest BCUT2D eigenvalue weighted by molar-refractivity contribution is 5.41. The molecule has 0 saturated carbocycles. The summed E-state index contributed by atoms with van der Waals surface area (Å²) in [5.41, 5.74) is 6.70. The molecule has 1 unspecified atom stereocenters. The Labute approximate surface area is 104 Å². The summed E-state index contributed by atoms with van der Waals surface area (Å²) in [4.78, 5) is 0. The first-order valence-electron chi connectivity index (χ1n) is 5.47. The van der Waals surface area contributed by atoms with Gasteiger partial charge >= 0.3 is 0 Å². The zero-order chi connectivity index (χ0) is 13.1. The maximum atomic E-state index is 13.6.